The summed E-state index contributed by atoms with van der Waals surface area (Å²) in [7, 11) is -3.61. The molecule has 7 nitrogen and oxygen atoms in total. The number of aryl methyl sites for hydroxylation is 2. The Kier molecular flexibility index (Phi) is 6.57. The lowest BCUT2D eigenvalue weighted by molar-refractivity contribution is -0.133. The summed E-state index contributed by atoms with van der Waals surface area (Å²) >= 11 is 0. The Morgan fingerprint density at radius 2 is 1.90 bits per heavy atom. The van der Waals surface area contributed by atoms with Crippen LogP contribution in [0, 0.1) is 13.8 Å². The van der Waals surface area contributed by atoms with Crippen LogP contribution in [-0.4, -0.2) is 55.0 Å². The van der Waals surface area contributed by atoms with E-state index in [0.29, 0.717) is 12.1 Å². The van der Waals surface area contributed by atoms with E-state index in [0.717, 1.165) is 36.8 Å². The molecule has 1 N–H and O–H groups in total. The molecular formula is C22H33N3O4S. The first-order chi connectivity index (χ1) is 14.1. The molecule has 1 saturated carbocycles. The van der Waals surface area contributed by atoms with Crippen molar-refractivity contribution >= 4 is 27.5 Å². The fraction of sp³-hybridized carbons (Fsp3) is 0.636. The van der Waals surface area contributed by atoms with Crippen molar-refractivity contribution in [3.05, 3.63) is 29.3 Å². The van der Waals surface area contributed by atoms with Crippen molar-refractivity contribution < 1.29 is 18.0 Å². The third-order valence-corrected chi connectivity index (χ3v) is 8.14. The van der Waals surface area contributed by atoms with Gasteiger partial charge in [0.1, 0.15) is 5.54 Å². The molecule has 166 valence electrons. The Bertz CT molecular complexity index is 924. The fourth-order valence-corrected chi connectivity index (χ4v) is 6.12. The van der Waals surface area contributed by atoms with E-state index < -0.39 is 15.6 Å². The van der Waals surface area contributed by atoms with E-state index in [1.54, 1.807) is 13.8 Å². The number of carbonyl (C=O) groups is 2. The van der Waals surface area contributed by atoms with Gasteiger partial charge in [0, 0.05) is 18.3 Å². The van der Waals surface area contributed by atoms with Gasteiger partial charge in [-0.25, -0.2) is 8.42 Å². The molecule has 0 radical (unpaired) electrons. The first-order valence-electron chi connectivity index (χ1n) is 10.8. The normalized spacial score (nSPS) is 23.7. The zero-order valence-electron chi connectivity index (χ0n) is 18.4. The van der Waals surface area contributed by atoms with Gasteiger partial charge in [0.2, 0.25) is 21.8 Å². The number of carbonyl (C=O) groups excluding carboxylic acids is 2. The number of sulfonamides is 1. The second-order valence-electron chi connectivity index (χ2n) is 8.83. The molecule has 2 amide bonds. The summed E-state index contributed by atoms with van der Waals surface area (Å²) < 4.78 is 26.7. The van der Waals surface area contributed by atoms with Crippen LogP contribution in [0.5, 0.6) is 0 Å². The molecule has 1 saturated heterocycles. The monoisotopic (exact) mass is 435 g/mol. The predicted molar refractivity (Wildman–Crippen MR) is 118 cm³/mol. The highest BCUT2D eigenvalue weighted by molar-refractivity contribution is 7.89. The van der Waals surface area contributed by atoms with Crippen LogP contribution in [0.15, 0.2) is 18.2 Å². The predicted octanol–water partition coefficient (Wildman–Crippen LogP) is 2.51. The van der Waals surface area contributed by atoms with E-state index in [1.165, 1.54) is 9.21 Å². The van der Waals surface area contributed by atoms with E-state index in [-0.39, 0.29) is 36.7 Å². The van der Waals surface area contributed by atoms with Crippen molar-refractivity contribution in [2.24, 2.45) is 0 Å². The average molecular weight is 436 g/mol. The molecule has 1 heterocycles. The van der Waals surface area contributed by atoms with Crippen LogP contribution in [-0.2, 0) is 19.6 Å². The molecule has 1 aromatic carbocycles. The van der Waals surface area contributed by atoms with Crippen LogP contribution in [0.4, 0.5) is 5.69 Å². The quantitative estimate of drug-likeness (QED) is 0.744. The lowest BCUT2D eigenvalue weighted by Gasteiger charge is -2.47. The number of piperazine rings is 1. The number of anilines is 1. The maximum absolute atomic E-state index is 13.5. The van der Waals surface area contributed by atoms with Gasteiger partial charge < -0.3 is 5.32 Å². The van der Waals surface area contributed by atoms with E-state index >= 15 is 0 Å². The summed E-state index contributed by atoms with van der Waals surface area (Å²) in [6.07, 6.45) is 4.42. The summed E-state index contributed by atoms with van der Waals surface area (Å²) in [4.78, 5) is 28.3. The van der Waals surface area contributed by atoms with Gasteiger partial charge in [-0.15, -0.1) is 0 Å². The highest BCUT2D eigenvalue weighted by Crippen LogP contribution is 2.34. The van der Waals surface area contributed by atoms with Crippen molar-refractivity contribution in [2.45, 2.75) is 71.4 Å². The van der Waals surface area contributed by atoms with E-state index in [2.05, 4.69) is 5.32 Å². The molecule has 3 rings (SSSR count). The van der Waals surface area contributed by atoms with Gasteiger partial charge in [0.05, 0.1) is 12.3 Å². The number of nitrogens with one attached hydrogen (secondary N) is 1. The topological polar surface area (TPSA) is 86.8 Å². The van der Waals surface area contributed by atoms with Crippen molar-refractivity contribution in [1.82, 2.24) is 9.62 Å². The minimum absolute atomic E-state index is 0.0375. The molecule has 2 aliphatic rings. The van der Waals surface area contributed by atoms with Crippen LogP contribution < -0.4 is 10.2 Å². The summed E-state index contributed by atoms with van der Waals surface area (Å²) in [5, 5.41) is 3.09. The van der Waals surface area contributed by atoms with Crippen LogP contribution in [0.25, 0.3) is 0 Å². The van der Waals surface area contributed by atoms with Gasteiger partial charge in [0.25, 0.3) is 0 Å². The number of hydrogen-bond donors (Lipinski definition) is 1. The summed E-state index contributed by atoms with van der Waals surface area (Å²) in [5.41, 5.74) is 1.28. The van der Waals surface area contributed by atoms with Crippen molar-refractivity contribution in [2.75, 3.05) is 23.7 Å². The molecule has 1 unspecified atom stereocenters. The molecule has 1 aliphatic carbocycles. The second-order valence-corrected chi connectivity index (χ2v) is 10.9. The standard InChI is InChI=1S/C22H33N3O4S/c1-5-12-30(28,29)24-14-20(26)25(19-11-10-16(2)13-17(19)3)22(4,15-24)21(27)23-18-8-6-7-9-18/h10-11,13,18H,5-9,12,14-15H2,1-4H3,(H,23,27). The van der Waals surface area contributed by atoms with E-state index in [9.17, 15) is 18.0 Å². The molecule has 30 heavy (non-hydrogen) atoms. The van der Waals surface area contributed by atoms with Crippen molar-refractivity contribution in [3.8, 4) is 0 Å². The smallest absolute Gasteiger partial charge is 0.247 e. The van der Waals surface area contributed by atoms with Crippen LogP contribution in [0.2, 0.25) is 0 Å². The second kappa shape index (κ2) is 8.67. The van der Waals surface area contributed by atoms with Crippen molar-refractivity contribution in [3.63, 3.8) is 0 Å². The highest BCUT2D eigenvalue weighted by Gasteiger charge is 2.51. The molecule has 1 aliphatic heterocycles. The molecule has 2 fully saturated rings. The molecule has 8 heteroatoms. The summed E-state index contributed by atoms with van der Waals surface area (Å²) in [6.45, 7) is 7.05. The number of rotatable bonds is 6. The highest BCUT2D eigenvalue weighted by atomic mass is 32.2. The van der Waals surface area contributed by atoms with Crippen LogP contribution in [0.3, 0.4) is 0 Å². The average Bonchev–Trinajstić information content (AvgIpc) is 3.15. The Labute approximate surface area is 179 Å². The number of hydrogen-bond acceptors (Lipinski definition) is 4. The lowest BCUT2D eigenvalue weighted by Crippen LogP contribution is -2.71. The first-order valence-corrected chi connectivity index (χ1v) is 12.4. The lowest BCUT2D eigenvalue weighted by atomic mass is 9.93. The maximum Gasteiger partial charge on any atom is 0.247 e. The van der Waals surface area contributed by atoms with Crippen LogP contribution >= 0.6 is 0 Å². The van der Waals surface area contributed by atoms with Gasteiger partial charge in [-0.1, -0.05) is 37.5 Å². The fourth-order valence-electron chi connectivity index (χ4n) is 4.59. The number of benzene rings is 1. The van der Waals surface area contributed by atoms with Gasteiger partial charge in [-0.3, -0.25) is 14.5 Å². The number of amides is 2. The Balaban J connectivity index is 2.02. The minimum atomic E-state index is -3.61. The molecule has 0 spiro atoms. The molecule has 1 atom stereocenters. The Hall–Kier alpha value is -1.93. The summed E-state index contributed by atoms with van der Waals surface area (Å²) in [5.74, 6) is -0.708. The third kappa shape index (κ3) is 4.39. The SMILES string of the molecule is CCCS(=O)(=O)N1CC(=O)N(c2ccc(C)cc2C)C(C)(C(=O)NC2CCCC2)C1. The van der Waals surface area contributed by atoms with Gasteiger partial charge in [0.15, 0.2) is 0 Å². The summed E-state index contributed by atoms with van der Waals surface area (Å²) in [6, 6.07) is 5.80. The largest absolute Gasteiger partial charge is 0.351 e. The van der Waals surface area contributed by atoms with E-state index in [4.69, 9.17) is 0 Å². The van der Waals surface area contributed by atoms with Crippen molar-refractivity contribution in [1.29, 1.82) is 0 Å². The Morgan fingerprint density at radius 3 is 2.50 bits per heavy atom. The maximum atomic E-state index is 13.5. The zero-order chi connectivity index (χ0) is 22.1. The van der Waals surface area contributed by atoms with Crippen LogP contribution in [0.1, 0.15) is 57.1 Å². The number of nitrogens with zero attached hydrogens (tertiary/aromatic N) is 2. The van der Waals surface area contributed by atoms with Gasteiger partial charge in [-0.2, -0.15) is 4.31 Å². The van der Waals surface area contributed by atoms with E-state index in [1.807, 2.05) is 32.0 Å². The zero-order valence-corrected chi connectivity index (χ0v) is 19.2. The minimum Gasteiger partial charge on any atom is -0.351 e. The first kappa shape index (κ1) is 22.7. The molecule has 0 bridgehead atoms. The van der Waals surface area contributed by atoms with Gasteiger partial charge >= 0.3 is 0 Å². The van der Waals surface area contributed by atoms with Gasteiger partial charge in [-0.05, 0) is 51.7 Å². The third-order valence-electron chi connectivity index (χ3n) is 6.17. The molecule has 0 aromatic heterocycles. The Morgan fingerprint density at radius 1 is 1.23 bits per heavy atom. The molecular weight excluding hydrogens is 402 g/mol. The molecule has 1 aromatic rings.